The van der Waals surface area contributed by atoms with E-state index >= 15 is 0 Å². The van der Waals surface area contributed by atoms with Gasteiger partial charge in [0.05, 0.1) is 29.7 Å². The first kappa shape index (κ1) is 30.5. The van der Waals surface area contributed by atoms with Gasteiger partial charge >= 0.3 is 0 Å². The van der Waals surface area contributed by atoms with E-state index in [1.165, 1.54) is 35.3 Å². The minimum absolute atomic E-state index is 0.00384. The van der Waals surface area contributed by atoms with Crippen molar-refractivity contribution >= 4 is 27.7 Å². The zero-order valence-electron chi connectivity index (χ0n) is 22.6. The van der Waals surface area contributed by atoms with Crippen LogP contribution < -0.4 is 10.1 Å². The van der Waals surface area contributed by atoms with Gasteiger partial charge in [-0.15, -0.1) is 11.8 Å². The molecule has 0 saturated carbocycles. The number of methoxy groups -OCH3 is 1. The molecule has 0 unspecified atom stereocenters. The van der Waals surface area contributed by atoms with Gasteiger partial charge in [0, 0.05) is 24.1 Å². The number of sulfonamides is 1. The lowest BCUT2D eigenvalue weighted by Gasteiger charge is -2.31. The van der Waals surface area contributed by atoms with Crippen molar-refractivity contribution in [1.82, 2.24) is 9.62 Å². The Hall–Kier alpha value is -3.05. The predicted molar refractivity (Wildman–Crippen MR) is 154 cm³/mol. The lowest BCUT2D eigenvalue weighted by molar-refractivity contribution is 0.0773. The van der Waals surface area contributed by atoms with Crippen LogP contribution in [0.5, 0.6) is 11.5 Å². The van der Waals surface area contributed by atoms with Crippen LogP contribution in [0.3, 0.4) is 0 Å². The second kappa shape index (κ2) is 13.8. The molecule has 3 aromatic rings. The normalized spacial score (nSPS) is 13.3. The Morgan fingerprint density at radius 2 is 1.69 bits per heavy atom. The number of benzene rings is 3. The SMILES string of the molecule is COc1ccc(C(=O)N[C@@H](Cc2ccccc2)[C@H](O)CN(CC(C)C)S(=O)(=O)c2ccc(SC)cc2)c(O)c1. The first-order valence-corrected chi connectivity index (χ1v) is 15.3. The molecule has 0 fully saturated rings. The van der Waals surface area contributed by atoms with E-state index in [9.17, 15) is 23.4 Å². The minimum Gasteiger partial charge on any atom is -0.507 e. The van der Waals surface area contributed by atoms with Gasteiger partial charge in [-0.05, 0) is 60.6 Å². The van der Waals surface area contributed by atoms with Crippen LogP contribution in [-0.2, 0) is 16.4 Å². The fraction of sp³-hybridized carbons (Fsp3) is 0.345. The molecular formula is C29H36N2O6S2. The van der Waals surface area contributed by atoms with Crippen molar-refractivity contribution in [2.24, 2.45) is 5.92 Å². The second-order valence-electron chi connectivity index (χ2n) is 9.61. The smallest absolute Gasteiger partial charge is 0.255 e. The molecule has 10 heteroatoms. The van der Waals surface area contributed by atoms with Crippen LogP contribution in [0.4, 0.5) is 0 Å². The van der Waals surface area contributed by atoms with Crippen LogP contribution in [0.25, 0.3) is 0 Å². The van der Waals surface area contributed by atoms with E-state index in [2.05, 4.69) is 5.32 Å². The van der Waals surface area contributed by atoms with Crippen molar-refractivity contribution in [1.29, 1.82) is 0 Å². The summed E-state index contributed by atoms with van der Waals surface area (Å²) in [6.45, 7) is 3.77. The maximum Gasteiger partial charge on any atom is 0.255 e. The van der Waals surface area contributed by atoms with Crippen LogP contribution in [0, 0.1) is 5.92 Å². The third-order valence-electron chi connectivity index (χ3n) is 6.19. The quantitative estimate of drug-likeness (QED) is 0.263. The van der Waals surface area contributed by atoms with Crippen LogP contribution >= 0.6 is 11.8 Å². The first-order valence-electron chi connectivity index (χ1n) is 12.6. The molecule has 3 rings (SSSR count). The molecule has 3 aromatic carbocycles. The Morgan fingerprint density at radius 3 is 2.26 bits per heavy atom. The maximum atomic E-state index is 13.6. The van der Waals surface area contributed by atoms with E-state index < -0.39 is 28.1 Å². The summed E-state index contributed by atoms with van der Waals surface area (Å²) in [5, 5.41) is 24.6. The number of hydrogen-bond donors (Lipinski definition) is 3. The Bertz CT molecular complexity index is 1330. The monoisotopic (exact) mass is 572 g/mol. The highest BCUT2D eigenvalue weighted by molar-refractivity contribution is 7.98. The summed E-state index contributed by atoms with van der Waals surface area (Å²) in [4.78, 5) is 14.2. The number of nitrogens with zero attached hydrogens (tertiary/aromatic N) is 1. The largest absolute Gasteiger partial charge is 0.507 e. The summed E-state index contributed by atoms with van der Waals surface area (Å²) < 4.78 is 33.6. The molecule has 39 heavy (non-hydrogen) atoms. The fourth-order valence-electron chi connectivity index (χ4n) is 4.14. The molecule has 2 atom stereocenters. The van der Waals surface area contributed by atoms with Crippen LogP contribution in [0.1, 0.15) is 29.8 Å². The van der Waals surface area contributed by atoms with Crippen molar-refractivity contribution < 1.29 is 28.2 Å². The van der Waals surface area contributed by atoms with Crippen molar-refractivity contribution in [3.63, 3.8) is 0 Å². The molecule has 0 saturated heterocycles. The molecule has 0 heterocycles. The summed E-state index contributed by atoms with van der Waals surface area (Å²) >= 11 is 1.52. The summed E-state index contributed by atoms with van der Waals surface area (Å²) in [7, 11) is -2.47. The van der Waals surface area contributed by atoms with Crippen LogP contribution in [-0.4, -0.2) is 67.4 Å². The number of carbonyl (C=O) groups is 1. The molecule has 0 aromatic heterocycles. The molecule has 0 radical (unpaired) electrons. The number of aliphatic hydroxyl groups is 1. The number of thioether (sulfide) groups is 1. The number of phenols is 1. The zero-order valence-corrected chi connectivity index (χ0v) is 24.2. The number of rotatable bonds is 13. The summed E-state index contributed by atoms with van der Waals surface area (Å²) in [6.07, 6.45) is 0.925. The number of aromatic hydroxyl groups is 1. The number of nitrogens with one attached hydrogen (secondary N) is 1. The van der Waals surface area contributed by atoms with E-state index in [1.807, 2.05) is 50.4 Å². The van der Waals surface area contributed by atoms with Gasteiger partial charge in [-0.25, -0.2) is 8.42 Å². The number of ether oxygens (including phenoxy) is 1. The Kier molecular flexibility index (Phi) is 10.8. The van der Waals surface area contributed by atoms with Crippen LogP contribution in [0.2, 0.25) is 0 Å². The standard InChI is InChI=1S/C29H36N2O6S2/c1-20(2)18-31(39(35,36)24-13-11-23(38-4)12-14-24)19-28(33)26(16-21-8-6-5-7-9-21)30-29(34)25-15-10-22(37-3)17-27(25)32/h5-15,17,20,26,28,32-33H,16,18-19H2,1-4H3,(H,30,34)/t26-,28+/m0/s1. The lowest BCUT2D eigenvalue weighted by Crippen LogP contribution is -2.51. The minimum atomic E-state index is -3.92. The average molecular weight is 573 g/mol. The maximum absolute atomic E-state index is 13.6. The molecule has 0 aliphatic carbocycles. The van der Waals surface area contributed by atoms with Crippen LogP contribution in [0.15, 0.2) is 82.6 Å². The van der Waals surface area contributed by atoms with Gasteiger partial charge in [-0.1, -0.05) is 44.2 Å². The van der Waals surface area contributed by atoms with E-state index in [1.54, 1.807) is 30.3 Å². The third kappa shape index (κ3) is 8.22. The second-order valence-corrected chi connectivity index (χ2v) is 12.4. The van der Waals surface area contributed by atoms with Gasteiger partial charge in [-0.3, -0.25) is 4.79 Å². The van der Waals surface area contributed by atoms with Crippen molar-refractivity contribution in [3.05, 3.63) is 83.9 Å². The molecule has 0 aliphatic rings. The fourth-order valence-corrected chi connectivity index (χ4v) is 6.17. The van der Waals surface area contributed by atoms with Gasteiger partial charge in [0.2, 0.25) is 10.0 Å². The number of amides is 1. The molecule has 210 valence electrons. The Labute approximate surface area is 235 Å². The van der Waals surface area contributed by atoms with Gasteiger partial charge in [0.25, 0.3) is 5.91 Å². The van der Waals surface area contributed by atoms with E-state index in [0.29, 0.717) is 5.75 Å². The predicted octanol–water partition coefficient (Wildman–Crippen LogP) is 4.17. The highest BCUT2D eigenvalue weighted by Gasteiger charge is 2.31. The number of aliphatic hydroxyl groups excluding tert-OH is 1. The van der Waals surface area contributed by atoms with Crippen molar-refractivity contribution in [2.75, 3.05) is 26.5 Å². The highest BCUT2D eigenvalue weighted by atomic mass is 32.2. The Balaban J connectivity index is 1.90. The molecule has 3 N–H and O–H groups in total. The van der Waals surface area contributed by atoms with Gasteiger partial charge in [0.15, 0.2) is 0 Å². The first-order chi connectivity index (χ1) is 18.5. The lowest BCUT2D eigenvalue weighted by atomic mass is 10.00. The van der Waals surface area contributed by atoms with Crippen molar-refractivity contribution in [3.8, 4) is 11.5 Å². The summed E-state index contributed by atoms with van der Waals surface area (Å²) in [6, 6.07) is 19.4. The van der Waals surface area contributed by atoms with E-state index in [0.717, 1.165) is 10.5 Å². The molecule has 0 spiro atoms. The average Bonchev–Trinajstić information content (AvgIpc) is 2.92. The van der Waals surface area contributed by atoms with E-state index in [-0.39, 0.29) is 41.6 Å². The molecule has 0 aliphatic heterocycles. The number of hydrogen-bond acceptors (Lipinski definition) is 7. The third-order valence-corrected chi connectivity index (χ3v) is 8.78. The topological polar surface area (TPSA) is 116 Å². The molecular weight excluding hydrogens is 536 g/mol. The summed E-state index contributed by atoms with van der Waals surface area (Å²) in [5.74, 6) is -0.473. The summed E-state index contributed by atoms with van der Waals surface area (Å²) in [5.41, 5.74) is 0.869. The number of carbonyl (C=O) groups excluding carboxylic acids is 1. The molecule has 1 amide bonds. The molecule has 8 nitrogen and oxygen atoms in total. The van der Waals surface area contributed by atoms with Crippen molar-refractivity contribution in [2.45, 2.75) is 42.2 Å². The number of phenolic OH excluding ortho intramolecular Hbond substituents is 1. The van der Waals surface area contributed by atoms with Gasteiger partial charge < -0.3 is 20.3 Å². The zero-order chi connectivity index (χ0) is 28.6. The van der Waals surface area contributed by atoms with E-state index in [4.69, 9.17) is 4.74 Å². The Morgan fingerprint density at radius 1 is 1.03 bits per heavy atom. The molecule has 0 bridgehead atoms. The van der Waals surface area contributed by atoms with Gasteiger partial charge in [-0.2, -0.15) is 4.31 Å². The highest BCUT2D eigenvalue weighted by Crippen LogP contribution is 2.25. The van der Waals surface area contributed by atoms with Gasteiger partial charge in [0.1, 0.15) is 11.5 Å².